The average molecular weight is 352 g/mol. The lowest BCUT2D eigenvalue weighted by atomic mass is 10.1. The van der Waals surface area contributed by atoms with Crippen LogP contribution in [0.25, 0.3) is 0 Å². The van der Waals surface area contributed by atoms with E-state index in [0.29, 0.717) is 37.7 Å². The monoisotopic (exact) mass is 352 g/mol. The van der Waals surface area contributed by atoms with Crippen LogP contribution in [-0.4, -0.2) is 56.4 Å². The normalized spacial score (nSPS) is 12.1. The lowest BCUT2D eigenvalue weighted by Gasteiger charge is -2.19. The Balaban J connectivity index is 2.72. The van der Waals surface area contributed by atoms with Gasteiger partial charge in [0.1, 0.15) is 12.6 Å². The van der Waals surface area contributed by atoms with Gasteiger partial charge in [-0.3, -0.25) is 4.79 Å². The Morgan fingerprint density at radius 3 is 2.40 bits per heavy atom. The molecule has 0 amide bonds. The minimum atomic E-state index is -0.677. The molecule has 1 rings (SSSR count). The molecule has 0 aromatic heterocycles. The van der Waals surface area contributed by atoms with Crippen molar-refractivity contribution in [1.29, 1.82) is 0 Å². The summed E-state index contributed by atoms with van der Waals surface area (Å²) >= 11 is 0. The summed E-state index contributed by atoms with van der Waals surface area (Å²) in [5.41, 5.74) is 6.81. The summed E-state index contributed by atoms with van der Waals surface area (Å²) in [4.78, 5) is 14.0. The van der Waals surface area contributed by atoms with E-state index >= 15 is 0 Å². The number of nitrogens with zero attached hydrogens (tertiary/aromatic N) is 1. The third kappa shape index (κ3) is 7.32. The molecule has 2 N–H and O–H groups in total. The highest BCUT2D eigenvalue weighted by Crippen LogP contribution is 2.29. The number of benzene rings is 1. The standard InChI is InChI=1S/C19H32N2O4/c1-5-21(6-2)11-12-25-17-10-9-15(14-18(17)23-7-3)13-16(20)19(22)24-8-4/h9-10,14,16H,5-8,11-13,20H2,1-4H3. The summed E-state index contributed by atoms with van der Waals surface area (Å²) in [5.74, 6) is 0.998. The van der Waals surface area contributed by atoms with Crippen LogP contribution < -0.4 is 15.2 Å². The minimum Gasteiger partial charge on any atom is -0.490 e. The maximum Gasteiger partial charge on any atom is 0.323 e. The molecular weight excluding hydrogens is 320 g/mol. The molecule has 0 saturated heterocycles. The molecule has 142 valence electrons. The van der Waals surface area contributed by atoms with Crippen LogP contribution >= 0.6 is 0 Å². The maximum atomic E-state index is 11.7. The number of ether oxygens (including phenoxy) is 3. The van der Waals surface area contributed by atoms with Crippen molar-refractivity contribution in [3.8, 4) is 11.5 Å². The van der Waals surface area contributed by atoms with Gasteiger partial charge < -0.3 is 24.8 Å². The molecule has 0 aliphatic heterocycles. The molecule has 1 atom stereocenters. The van der Waals surface area contributed by atoms with Crippen LogP contribution in [0.2, 0.25) is 0 Å². The molecule has 6 heteroatoms. The highest BCUT2D eigenvalue weighted by Gasteiger charge is 2.16. The Morgan fingerprint density at radius 1 is 1.08 bits per heavy atom. The third-order valence-electron chi connectivity index (χ3n) is 3.91. The summed E-state index contributed by atoms with van der Waals surface area (Å²) in [6.45, 7) is 12.3. The highest BCUT2D eigenvalue weighted by atomic mass is 16.5. The van der Waals surface area contributed by atoms with Crippen LogP contribution in [0.3, 0.4) is 0 Å². The van der Waals surface area contributed by atoms with Crippen LogP contribution in [0, 0.1) is 0 Å². The van der Waals surface area contributed by atoms with Gasteiger partial charge in [0, 0.05) is 6.54 Å². The predicted molar refractivity (Wildman–Crippen MR) is 99.2 cm³/mol. The number of hydrogen-bond donors (Lipinski definition) is 1. The van der Waals surface area contributed by atoms with E-state index in [4.69, 9.17) is 19.9 Å². The first-order valence-corrected chi connectivity index (χ1v) is 9.08. The van der Waals surface area contributed by atoms with Gasteiger partial charge in [0.2, 0.25) is 0 Å². The van der Waals surface area contributed by atoms with Crippen molar-refractivity contribution in [2.24, 2.45) is 5.73 Å². The Morgan fingerprint density at radius 2 is 1.80 bits per heavy atom. The average Bonchev–Trinajstić information content (AvgIpc) is 2.60. The van der Waals surface area contributed by atoms with Gasteiger partial charge in [-0.15, -0.1) is 0 Å². The Bertz CT molecular complexity index is 518. The Labute approximate surface area is 151 Å². The van der Waals surface area contributed by atoms with E-state index in [-0.39, 0.29) is 5.97 Å². The fourth-order valence-electron chi connectivity index (χ4n) is 2.48. The zero-order valence-corrected chi connectivity index (χ0v) is 15.9. The molecule has 1 aromatic rings. The van der Waals surface area contributed by atoms with Gasteiger partial charge in [-0.2, -0.15) is 0 Å². The fraction of sp³-hybridized carbons (Fsp3) is 0.632. The first-order chi connectivity index (χ1) is 12.0. The molecule has 1 unspecified atom stereocenters. The summed E-state index contributed by atoms with van der Waals surface area (Å²) in [6.07, 6.45) is 0.401. The Hall–Kier alpha value is -1.79. The van der Waals surface area contributed by atoms with E-state index in [9.17, 15) is 4.79 Å². The van der Waals surface area contributed by atoms with Gasteiger partial charge in [0.25, 0.3) is 0 Å². The molecule has 0 saturated carbocycles. The molecule has 0 radical (unpaired) electrons. The minimum absolute atomic E-state index is 0.329. The molecule has 25 heavy (non-hydrogen) atoms. The van der Waals surface area contributed by atoms with Gasteiger partial charge in [-0.05, 0) is 51.1 Å². The van der Waals surface area contributed by atoms with E-state index in [1.54, 1.807) is 6.92 Å². The second kappa shape index (κ2) is 11.7. The molecule has 0 heterocycles. The van der Waals surface area contributed by atoms with E-state index in [1.807, 2.05) is 25.1 Å². The van der Waals surface area contributed by atoms with Crippen LogP contribution in [0.5, 0.6) is 11.5 Å². The van der Waals surface area contributed by atoms with E-state index in [0.717, 1.165) is 25.2 Å². The SMILES string of the molecule is CCOC(=O)C(N)Cc1ccc(OCCN(CC)CC)c(OCC)c1. The fourth-order valence-corrected chi connectivity index (χ4v) is 2.48. The zero-order chi connectivity index (χ0) is 18.7. The van der Waals surface area contributed by atoms with Gasteiger partial charge in [0.15, 0.2) is 11.5 Å². The quantitative estimate of drug-likeness (QED) is 0.582. The van der Waals surface area contributed by atoms with Crippen molar-refractivity contribution in [3.63, 3.8) is 0 Å². The van der Waals surface area contributed by atoms with E-state index in [2.05, 4.69) is 18.7 Å². The number of esters is 1. The molecule has 0 spiro atoms. The largest absolute Gasteiger partial charge is 0.490 e. The number of carbonyl (C=O) groups excluding carboxylic acids is 1. The molecule has 0 bridgehead atoms. The first-order valence-electron chi connectivity index (χ1n) is 9.08. The summed E-state index contributed by atoms with van der Waals surface area (Å²) in [6, 6.07) is 4.99. The second-order valence-electron chi connectivity index (χ2n) is 5.65. The zero-order valence-electron chi connectivity index (χ0n) is 15.9. The lowest BCUT2D eigenvalue weighted by molar-refractivity contribution is -0.144. The smallest absolute Gasteiger partial charge is 0.323 e. The summed E-state index contributed by atoms with van der Waals surface area (Å²) < 4.78 is 16.5. The topological polar surface area (TPSA) is 74.0 Å². The van der Waals surface area contributed by atoms with Crippen LogP contribution in [0.15, 0.2) is 18.2 Å². The number of hydrogen-bond acceptors (Lipinski definition) is 6. The third-order valence-corrected chi connectivity index (χ3v) is 3.91. The van der Waals surface area contributed by atoms with Crippen molar-refractivity contribution in [2.45, 2.75) is 40.2 Å². The van der Waals surface area contributed by atoms with Crippen molar-refractivity contribution in [1.82, 2.24) is 4.90 Å². The van der Waals surface area contributed by atoms with E-state index < -0.39 is 6.04 Å². The van der Waals surface area contributed by atoms with Crippen molar-refractivity contribution < 1.29 is 19.0 Å². The van der Waals surface area contributed by atoms with Crippen LogP contribution in [0.1, 0.15) is 33.3 Å². The van der Waals surface area contributed by atoms with Crippen molar-refractivity contribution >= 4 is 5.97 Å². The predicted octanol–water partition coefficient (Wildman–Crippen LogP) is 2.24. The highest BCUT2D eigenvalue weighted by molar-refractivity contribution is 5.75. The number of carbonyl (C=O) groups is 1. The molecule has 6 nitrogen and oxygen atoms in total. The Kier molecular flexibility index (Phi) is 9.96. The lowest BCUT2D eigenvalue weighted by Crippen LogP contribution is -2.34. The molecular formula is C19H32N2O4. The maximum absolute atomic E-state index is 11.7. The molecule has 1 aromatic carbocycles. The van der Waals surface area contributed by atoms with Gasteiger partial charge >= 0.3 is 5.97 Å². The van der Waals surface area contributed by atoms with Gasteiger partial charge in [0.05, 0.1) is 13.2 Å². The summed E-state index contributed by atoms with van der Waals surface area (Å²) in [5, 5.41) is 0. The van der Waals surface area contributed by atoms with Gasteiger partial charge in [-0.1, -0.05) is 19.9 Å². The molecule has 0 aliphatic rings. The molecule has 0 fully saturated rings. The van der Waals surface area contributed by atoms with Crippen molar-refractivity contribution in [2.75, 3.05) is 39.5 Å². The number of nitrogens with two attached hydrogens (primary N) is 1. The van der Waals surface area contributed by atoms with Crippen molar-refractivity contribution in [3.05, 3.63) is 23.8 Å². The number of likely N-dealkylation sites (N-methyl/N-ethyl adjacent to an activating group) is 1. The number of rotatable bonds is 12. The van der Waals surface area contributed by atoms with E-state index in [1.165, 1.54) is 0 Å². The summed E-state index contributed by atoms with van der Waals surface area (Å²) in [7, 11) is 0. The first kappa shape index (κ1) is 21.3. The molecule has 0 aliphatic carbocycles. The second-order valence-corrected chi connectivity index (χ2v) is 5.65. The van der Waals surface area contributed by atoms with Gasteiger partial charge in [-0.25, -0.2) is 0 Å². The van der Waals surface area contributed by atoms with Crippen LogP contribution in [-0.2, 0) is 16.0 Å². The van der Waals surface area contributed by atoms with Crippen LogP contribution in [0.4, 0.5) is 0 Å².